The Hall–Kier alpha value is -2.63. The van der Waals surface area contributed by atoms with Crippen molar-refractivity contribution in [3.05, 3.63) is 47.1 Å². The van der Waals surface area contributed by atoms with Gasteiger partial charge in [0.05, 0.1) is 12.1 Å². The van der Waals surface area contributed by atoms with Crippen LogP contribution >= 0.6 is 0 Å². The van der Waals surface area contributed by atoms with E-state index in [9.17, 15) is 4.79 Å². The molecular formula is C18H20N4O2. The van der Waals surface area contributed by atoms with E-state index in [1.807, 2.05) is 35.2 Å². The lowest BCUT2D eigenvalue weighted by Gasteiger charge is -2.30. The molecule has 0 saturated carbocycles. The Morgan fingerprint density at radius 2 is 2.04 bits per heavy atom. The maximum atomic E-state index is 12.8. The Morgan fingerprint density at radius 1 is 1.21 bits per heavy atom. The number of ether oxygens (including phenoxy) is 1. The summed E-state index contributed by atoms with van der Waals surface area (Å²) < 4.78 is 7.84. The van der Waals surface area contributed by atoms with Gasteiger partial charge in [0.2, 0.25) is 0 Å². The lowest BCUT2D eigenvalue weighted by molar-refractivity contribution is -0.128. The van der Waals surface area contributed by atoms with E-state index in [1.165, 1.54) is 0 Å². The van der Waals surface area contributed by atoms with Crippen LogP contribution in [0.4, 0.5) is 0 Å². The number of benzene rings is 1. The third kappa shape index (κ3) is 2.48. The van der Waals surface area contributed by atoms with Crippen molar-refractivity contribution < 1.29 is 9.53 Å². The third-order valence-corrected chi connectivity index (χ3v) is 4.49. The number of rotatable bonds is 2. The van der Waals surface area contributed by atoms with Crippen LogP contribution in [0.5, 0.6) is 5.75 Å². The van der Waals surface area contributed by atoms with Gasteiger partial charge in [-0.3, -0.25) is 4.79 Å². The molecule has 1 aromatic carbocycles. The molecule has 0 spiro atoms. The molecule has 2 aliphatic heterocycles. The van der Waals surface area contributed by atoms with Gasteiger partial charge in [0, 0.05) is 24.6 Å². The fourth-order valence-corrected chi connectivity index (χ4v) is 3.22. The Kier molecular flexibility index (Phi) is 3.59. The first-order chi connectivity index (χ1) is 11.6. The molecule has 0 atom stereocenters. The molecule has 0 N–H and O–H groups in total. The van der Waals surface area contributed by atoms with E-state index in [4.69, 9.17) is 4.74 Å². The number of nitrogens with zero attached hydrogens (tertiary/aromatic N) is 4. The van der Waals surface area contributed by atoms with Gasteiger partial charge in [0.25, 0.3) is 5.91 Å². The molecule has 0 unspecified atom stereocenters. The van der Waals surface area contributed by atoms with Crippen molar-refractivity contribution in [1.82, 2.24) is 19.7 Å². The van der Waals surface area contributed by atoms with Gasteiger partial charge in [-0.15, -0.1) is 10.2 Å². The van der Waals surface area contributed by atoms with Crippen molar-refractivity contribution in [3.63, 3.8) is 0 Å². The quantitative estimate of drug-likeness (QED) is 0.850. The summed E-state index contributed by atoms with van der Waals surface area (Å²) in [6.45, 7) is 6.44. The summed E-state index contributed by atoms with van der Waals surface area (Å²) in [5.74, 6) is 3.03. The fourth-order valence-electron chi connectivity index (χ4n) is 3.22. The summed E-state index contributed by atoms with van der Waals surface area (Å²) in [6.07, 6.45) is 1.93. The van der Waals surface area contributed by atoms with Crippen molar-refractivity contribution in [3.8, 4) is 5.75 Å². The second-order valence-corrected chi connectivity index (χ2v) is 6.50. The van der Waals surface area contributed by atoms with E-state index in [0.29, 0.717) is 31.2 Å². The molecular weight excluding hydrogens is 304 g/mol. The molecule has 6 heteroatoms. The average molecular weight is 324 g/mol. The van der Waals surface area contributed by atoms with Crippen LogP contribution in [0.1, 0.15) is 37.0 Å². The standard InChI is InChI=1S/C18H20N4O2/c1-12(2)17-20-19-16-10-21(7-8-22(16)17)18(23)14-9-13-5-3-4-6-15(13)24-11-14/h3-6,9,12H,7-8,10-11H2,1-2H3. The van der Waals surface area contributed by atoms with Crippen LogP contribution < -0.4 is 4.74 Å². The van der Waals surface area contributed by atoms with Crippen LogP contribution in [0.3, 0.4) is 0 Å². The predicted molar refractivity (Wildman–Crippen MR) is 89.4 cm³/mol. The van der Waals surface area contributed by atoms with E-state index in [0.717, 1.165) is 29.5 Å². The first kappa shape index (κ1) is 14.9. The molecule has 3 heterocycles. The SMILES string of the molecule is CC(C)c1nnc2n1CCN(C(=O)C1=Cc3ccccc3OC1)C2. The first-order valence-corrected chi connectivity index (χ1v) is 8.27. The minimum Gasteiger partial charge on any atom is -0.488 e. The minimum absolute atomic E-state index is 0.0184. The number of carbonyl (C=O) groups is 1. The summed E-state index contributed by atoms with van der Waals surface area (Å²) in [5.41, 5.74) is 1.64. The zero-order valence-electron chi connectivity index (χ0n) is 13.9. The van der Waals surface area contributed by atoms with Gasteiger partial charge >= 0.3 is 0 Å². The summed E-state index contributed by atoms with van der Waals surface area (Å²) in [5, 5.41) is 8.53. The van der Waals surface area contributed by atoms with Gasteiger partial charge in [-0.25, -0.2) is 0 Å². The Balaban J connectivity index is 1.55. The fraction of sp³-hybridized carbons (Fsp3) is 0.389. The van der Waals surface area contributed by atoms with Gasteiger partial charge in [-0.1, -0.05) is 32.0 Å². The molecule has 0 fully saturated rings. The molecule has 1 aromatic heterocycles. The molecule has 2 aliphatic rings. The monoisotopic (exact) mass is 324 g/mol. The van der Waals surface area contributed by atoms with Crippen LogP contribution in [0.2, 0.25) is 0 Å². The van der Waals surface area contributed by atoms with E-state index in [2.05, 4.69) is 28.6 Å². The zero-order valence-corrected chi connectivity index (χ0v) is 13.9. The molecule has 2 aromatic rings. The van der Waals surface area contributed by atoms with Crippen molar-refractivity contribution in [2.75, 3.05) is 13.2 Å². The van der Waals surface area contributed by atoms with Crippen LogP contribution in [-0.4, -0.2) is 38.7 Å². The Bertz CT molecular complexity index is 822. The number of hydrogen-bond acceptors (Lipinski definition) is 4. The number of para-hydroxylation sites is 1. The molecule has 0 radical (unpaired) electrons. The number of amides is 1. The largest absolute Gasteiger partial charge is 0.488 e. The lowest BCUT2D eigenvalue weighted by atomic mass is 10.1. The minimum atomic E-state index is 0.0184. The molecule has 4 rings (SSSR count). The molecule has 0 aliphatic carbocycles. The van der Waals surface area contributed by atoms with Gasteiger partial charge < -0.3 is 14.2 Å². The summed E-state index contributed by atoms with van der Waals surface area (Å²) >= 11 is 0. The summed E-state index contributed by atoms with van der Waals surface area (Å²) in [6, 6.07) is 7.76. The lowest BCUT2D eigenvalue weighted by Crippen LogP contribution is -2.40. The van der Waals surface area contributed by atoms with Gasteiger partial charge in [-0.05, 0) is 12.1 Å². The predicted octanol–water partition coefficient (Wildman–Crippen LogP) is 2.22. The number of fused-ring (bicyclic) bond motifs is 2. The number of carbonyl (C=O) groups excluding carboxylic acids is 1. The molecule has 24 heavy (non-hydrogen) atoms. The molecule has 1 amide bonds. The van der Waals surface area contributed by atoms with Crippen molar-refractivity contribution in [2.45, 2.75) is 32.9 Å². The average Bonchev–Trinajstić information content (AvgIpc) is 3.04. The van der Waals surface area contributed by atoms with Gasteiger partial charge in [0.1, 0.15) is 18.2 Å². The van der Waals surface area contributed by atoms with Gasteiger partial charge in [0.15, 0.2) is 5.82 Å². The summed E-state index contributed by atoms with van der Waals surface area (Å²) in [7, 11) is 0. The highest BCUT2D eigenvalue weighted by molar-refractivity contribution is 5.99. The molecule has 124 valence electrons. The van der Waals surface area contributed by atoms with Crippen molar-refractivity contribution >= 4 is 12.0 Å². The third-order valence-electron chi connectivity index (χ3n) is 4.49. The summed E-state index contributed by atoms with van der Waals surface area (Å²) in [4.78, 5) is 14.7. The zero-order chi connectivity index (χ0) is 16.7. The molecule has 6 nitrogen and oxygen atoms in total. The second-order valence-electron chi connectivity index (χ2n) is 6.50. The van der Waals surface area contributed by atoms with Crippen LogP contribution in [0.25, 0.3) is 6.08 Å². The van der Waals surface area contributed by atoms with E-state index >= 15 is 0 Å². The van der Waals surface area contributed by atoms with Crippen LogP contribution in [0.15, 0.2) is 29.8 Å². The van der Waals surface area contributed by atoms with Crippen molar-refractivity contribution in [1.29, 1.82) is 0 Å². The highest BCUT2D eigenvalue weighted by atomic mass is 16.5. The Labute approximate surface area is 140 Å². The maximum absolute atomic E-state index is 12.8. The maximum Gasteiger partial charge on any atom is 0.253 e. The molecule has 0 saturated heterocycles. The first-order valence-electron chi connectivity index (χ1n) is 8.27. The Morgan fingerprint density at radius 3 is 2.88 bits per heavy atom. The van der Waals surface area contributed by atoms with Crippen LogP contribution in [0, 0.1) is 0 Å². The topological polar surface area (TPSA) is 60.2 Å². The normalized spacial score (nSPS) is 16.3. The molecule has 0 bridgehead atoms. The van der Waals surface area contributed by atoms with Crippen LogP contribution in [-0.2, 0) is 17.9 Å². The van der Waals surface area contributed by atoms with E-state index < -0.39 is 0 Å². The highest BCUT2D eigenvalue weighted by Gasteiger charge is 2.28. The van der Waals surface area contributed by atoms with E-state index in [1.54, 1.807) is 0 Å². The van der Waals surface area contributed by atoms with Crippen molar-refractivity contribution in [2.24, 2.45) is 0 Å². The highest BCUT2D eigenvalue weighted by Crippen LogP contribution is 2.27. The number of hydrogen-bond donors (Lipinski definition) is 0. The van der Waals surface area contributed by atoms with Gasteiger partial charge in [-0.2, -0.15) is 0 Å². The van der Waals surface area contributed by atoms with E-state index in [-0.39, 0.29) is 5.91 Å². The number of aromatic nitrogens is 3. The smallest absolute Gasteiger partial charge is 0.253 e. The second kappa shape index (κ2) is 5.78.